The number of rotatable bonds is 10. The summed E-state index contributed by atoms with van der Waals surface area (Å²) in [4.78, 5) is 0.497. The Labute approximate surface area is 119 Å². The normalized spacial score (nSPS) is 10.4. The summed E-state index contributed by atoms with van der Waals surface area (Å²) in [5, 5.41) is 0. The summed E-state index contributed by atoms with van der Waals surface area (Å²) in [6.07, 6.45) is 0.621. The maximum atomic E-state index is 5.54. The summed E-state index contributed by atoms with van der Waals surface area (Å²) in [5.74, 6) is 0.820. The standard InChI is InChI=1S/C14H21NO3S/c1-2-16-7-8-17-9-10-18-13-5-3-12(4-6-13)11-14(15)19/h3-6H,2,7-11H2,1H3,(H2,15,19). The van der Waals surface area contributed by atoms with Gasteiger partial charge in [0.2, 0.25) is 0 Å². The molecule has 0 aliphatic carbocycles. The SMILES string of the molecule is CCOCCOCCOc1ccc(CC(N)=S)cc1. The van der Waals surface area contributed by atoms with Crippen LogP contribution in [0.2, 0.25) is 0 Å². The Bertz CT molecular complexity index is 367. The second kappa shape index (κ2) is 9.72. The predicted molar refractivity (Wildman–Crippen MR) is 79.7 cm³/mol. The van der Waals surface area contributed by atoms with Gasteiger partial charge in [-0.3, -0.25) is 0 Å². The maximum Gasteiger partial charge on any atom is 0.119 e. The van der Waals surface area contributed by atoms with Gasteiger partial charge in [0.15, 0.2) is 0 Å². The molecule has 0 saturated carbocycles. The van der Waals surface area contributed by atoms with Crippen LogP contribution in [0.4, 0.5) is 0 Å². The van der Waals surface area contributed by atoms with Crippen molar-refractivity contribution < 1.29 is 14.2 Å². The zero-order chi connectivity index (χ0) is 13.9. The fourth-order valence-corrected chi connectivity index (χ4v) is 1.65. The van der Waals surface area contributed by atoms with Gasteiger partial charge < -0.3 is 19.9 Å². The van der Waals surface area contributed by atoms with Crippen LogP contribution in [0.3, 0.4) is 0 Å². The molecule has 0 amide bonds. The molecule has 0 aliphatic heterocycles. The topological polar surface area (TPSA) is 53.7 Å². The van der Waals surface area contributed by atoms with Gasteiger partial charge in [0.05, 0.1) is 24.8 Å². The number of ether oxygens (including phenoxy) is 3. The molecule has 0 radical (unpaired) electrons. The lowest BCUT2D eigenvalue weighted by atomic mass is 10.1. The third kappa shape index (κ3) is 7.77. The second-order valence-corrected chi connectivity index (χ2v) is 4.47. The average molecular weight is 283 g/mol. The van der Waals surface area contributed by atoms with Crippen molar-refractivity contribution in [3.63, 3.8) is 0 Å². The summed E-state index contributed by atoms with van der Waals surface area (Å²) in [7, 11) is 0. The lowest BCUT2D eigenvalue weighted by molar-refractivity contribution is 0.0405. The van der Waals surface area contributed by atoms with E-state index < -0.39 is 0 Å². The first-order valence-electron chi connectivity index (χ1n) is 6.38. The molecule has 5 heteroatoms. The highest BCUT2D eigenvalue weighted by Gasteiger charge is 1.97. The van der Waals surface area contributed by atoms with Gasteiger partial charge in [-0.25, -0.2) is 0 Å². The molecule has 0 bridgehead atoms. The van der Waals surface area contributed by atoms with Gasteiger partial charge in [-0.1, -0.05) is 24.4 Å². The molecule has 106 valence electrons. The van der Waals surface area contributed by atoms with Crippen LogP contribution >= 0.6 is 12.2 Å². The van der Waals surface area contributed by atoms with E-state index in [1.807, 2.05) is 31.2 Å². The third-order valence-electron chi connectivity index (χ3n) is 2.37. The molecule has 0 aliphatic rings. The van der Waals surface area contributed by atoms with E-state index in [1.165, 1.54) is 0 Å². The fourth-order valence-electron chi connectivity index (χ4n) is 1.49. The molecule has 1 aromatic rings. The van der Waals surface area contributed by atoms with E-state index in [1.54, 1.807) is 0 Å². The molecule has 0 atom stereocenters. The molecule has 19 heavy (non-hydrogen) atoms. The number of thiocarbonyl (C=S) groups is 1. The zero-order valence-electron chi connectivity index (χ0n) is 11.3. The maximum absolute atomic E-state index is 5.54. The summed E-state index contributed by atoms with van der Waals surface area (Å²) in [5.41, 5.74) is 6.57. The highest BCUT2D eigenvalue weighted by Crippen LogP contribution is 2.12. The van der Waals surface area contributed by atoms with Gasteiger partial charge >= 0.3 is 0 Å². The minimum Gasteiger partial charge on any atom is -0.491 e. The van der Waals surface area contributed by atoms with E-state index >= 15 is 0 Å². The van der Waals surface area contributed by atoms with Gasteiger partial charge in [0.25, 0.3) is 0 Å². The van der Waals surface area contributed by atoms with E-state index in [0.717, 1.165) is 17.9 Å². The van der Waals surface area contributed by atoms with Crippen molar-refractivity contribution in [2.45, 2.75) is 13.3 Å². The summed E-state index contributed by atoms with van der Waals surface area (Å²) in [6.45, 7) is 5.00. The van der Waals surface area contributed by atoms with Crippen LogP contribution in [-0.2, 0) is 15.9 Å². The Morgan fingerprint density at radius 3 is 2.32 bits per heavy atom. The number of hydrogen-bond donors (Lipinski definition) is 1. The molecular formula is C14H21NO3S. The van der Waals surface area contributed by atoms with Crippen LogP contribution in [0.1, 0.15) is 12.5 Å². The minimum absolute atomic E-state index is 0.497. The van der Waals surface area contributed by atoms with Crippen molar-refractivity contribution in [3.05, 3.63) is 29.8 Å². The predicted octanol–water partition coefficient (Wildman–Crippen LogP) is 1.95. The second-order valence-electron chi connectivity index (χ2n) is 3.94. The average Bonchev–Trinajstić information content (AvgIpc) is 2.39. The highest BCUT2D eigenvalue weighted by molar-refractivity contribution is 7.80. The Hall–Kier alpha value is -1.17. The first kappa shape index (κ1) is 15.9. The lowest BCUT2D eigenvalue weighted by Gasteiger charge is -2.08. The van der Waals surface area contributed by atoms with Crippen molar-refractivity contribution in [2.75, 3.05) is 33.0 Å². The van der Waals surface area contributed by atoms with Crippen LogP contribution < -0.4 is 10.5 Å². The van der Waals surface area contributed by atoms with E-state index in [4.69, 9.17) is 32.2 Å². The molecular weight excluding hydrogens is 262 g/mol. The Morgan fingerprint density at radius 2 is 1.68 bits per heavy atom. The van der Waals surface area contributed by atoms with Gasteiger partial charge in [0, 0.05) is 13.0 Å². The summed E-state index contributed by atoms with van der Waals surface area (Å²) < 4.78 is 16.0. The zero-order valence-corrected chi connectivity index (χ0v) is 12.1. The monoisotopic (exact) mass is 283 g/mol. The number of nitrogens with two attached hydrogens (primary N) is 1. The quantitative estimate of drug-likeness (QED) is 0.525. The molecule has 4 nitrogen and oxygen atoms in total. The van der Waals surface area contributed by atoms with Gasteiger partial charge in [0.1, 0.15) is 12.4 Å². The van der Waals surface area contributed by atoms with Crippen LogP contribution in [0, 0.1) is 0 Å². The van der Waals surface area contributed by atoms with Gasteiger partial charge in [-0.15, -0.1) is 0 Å². The Morgan fingerprint density at radius 1 is 1.05 bits per heavy atom. The van der Waals surface area contributed by atoms with Gasteiger partial charge in [-0.05, 0) is 24.6 Å². The summed E-state index contributed by atoms with van der Waals surface area (Å²) in [6, 6.07) is 7.75. The minimum atomic E-state index is 0.497. The molecule has 0 spiro atoms. The van der Waals surface area contributed by atoms with Crippen molar-refractivity contribution in [1.29, 1.82) is 0 Å². The Balaban J connectivity index is 2.14. The molecule has 0 heterocycles. The molecule has 0 saturated heterocycles. The fraction of sp³-hybridized carbons (Fsp3) is 0.500. The number of hydrogen-bond acceptors (Lipinski definition) is 4. The van der Waals surface area contributed by atoms with Crippen LogP contribution in [0.15, 0.2) is 24.3 Å². The molecule has 1 rings (SSSR count). The van der Waals surface area contributed by atoms with Crippen molar-refractivity contribution in [3.8, 4) is 5.75 Å². The van der Waals surface area contributed by atoms with Crippen LogP contribution in [0.5, 0.6) is 5.75 Å². The van der Waals surface area contributed by atoms with E-state index in [9.17, 15) is 0 Å². The smallest absolute Gasteiger partial charge is 0.119 e. The van der Waals surface area contributed by atoms with E-state index in [-0.39, 0.29) is 0 Å². The molecule has 0 unspecified atom stereocenters. The van der Waals surface area contributed by atoms with Crippen LogP contribution in [0.25, 0.3) is 0 Å². The molecule has 0 fully saturated rings. The van der Waals surface area contributed by atoms with E-state index in [0.29, 0.717) is 37.8 Å². The van der Waals surface area contributed by atoms with Gasteiger partial charge in [-0.2, -0.15) is 0 Å². The van der Waals surface area contributed by atoms with Crippen molar-refractivity contribution in [1.82, 2.24) is 0 Å². The third-order valence-corrected chi connectivity index (χ3v) is 2.52. The first-order chi connectivity index (χ1) is 9.22. The first-order valence-corrected chi connectivity index (χ1v) is 6.78. The Kier molecular flexibility index (Phi) is 8.13. The molecule has 2 N–H and O–H groups in total. The van der Waals surface area contributed by atoms with Crippen molar-refractivity contribution in [2.24, 2.45) is 5.73 Å². The number of benzene rings is 1. The van der Waals surface area contributed by atoms with Crippen molar-refractivity contribution >= 4 is 17.2 Å². The largest absolute Gasteiger partial charge is 0.491 e. The van der Waals surface area contributed by atoms with Crippen LogP contribution in [-0.4, -0.2) is 38.0 Å². The summed E-state index contributed by atoms with van der Waals surface area (Å²) >= 11 is 4.86. The highest BCUT2D eigenvalue weighted by atomic mass is 32.1. The van der Waals surface area contributed by atoms with E-state index in [2.05, 4.69) is 0 Å². The molecule has 0 aromatic heterocycles. The lowest BCUT2D eigenvalue weighted by Crippen LogP contribution is -2.11. The molecule has 1 aromatic carbocycles.